The molecule has 2 aromatic rings. The second-order valence-electron chi connectivity index (χ2n) is 5.22. The maximum Gasteiger partial charge on any atom is 0.115 e. The van der Waals surface area contributed by atoms with Crippen molar-refractivity contribution in [2.45, 2.75) is 45.4 Å². The van der Waals surface area contributed by atoms with Crippen LogP contribution >= 0.6 is 0 Å². The van der Waals surface area contributed by atoms with Crippen LogP contribution in [0.1, 0.15) is 45.6 Å². The topological polar surface area (TPSA) is 40.5 Å². The molecule has 0 spiro atoms. The van der Waals surface area contributed by atoms with Crippen LogP contribution in [0.3, 0.4) is 0 Å². The van der Waals surface area contributed by atoms with Crippen molar-refractivity contribution in [1.82, 2.24) is 0 Å². The minimum absolute atomic E-state index is 0.299. The van der Waals surface area contributed by atoms with Gasteiger partial charge >= 0.3 is 0 Å². The molecule has 0 saturated carbocycles. The van der Waals surface area contributed by atoms with Gasteiger partial charge in [0.2, 0.25) is 0 Å². The van der Waals surface area contributed by atoms with Gasteiger partial charge in [-0.25, -0.2) is 0 Å². The Hall–Kier alpha value is -1.96. The highest BCUT2D eigenvalue weighted by Crippen LogP contribution is 2.35. The molecule has 2 N–H and O–H groups in total. The highest BCUT2D eigenvalue weighted by atomic mass is 16.3. The first-order valence-electron chi connectivity index (χ1n) is 7.61. The van der Waals surface area contributed by atoms with E-state index < -0.39 is 0 Å². The maximum atomic E-state index is 9.24. The zero-order valence-corrected chi connectivity index (χ0v) is 13.2. The SMILES string of the molecule is CCC(CC)(CC)c1ccc(O)cc1.Oc1ccccc1. The van der Waals surface area contributed by atoms with E-state index >= 15 is 0 Å². The number of hydrogen-bond acceptors (Lipinski definition) is 2. The van der Waals surface area contributed by atoms with E-state index in [0.29, 0.717) is 16.9 Å². The van der Waals surface area contributed by atoms with E-state index in [4.69, 9.17) is 5.11 Å². The Bertz CT molecular complexity index is 491. The average molecular weight is 286 g/mol. The zero-order chi connectivity index (χ0) is 15.7. The molecule has 0 amide bonds. The third kappa shape index (κ3) is 4.82. The van der Waals surface area contributed by atoms with Gasteiger partial charge in [0.05, 0.1) is 0 Å². The summed E-state index contributed by atoms with van der Waals surface area (Å²) in [4.78, 5) is 0. The van der Waals surface area contributed by atoms with Gasteiger partial charge in [-0.15, -0.1) is 0 Å². The first kappa shape index (κ1) is 17.1. The molecule has 21 heavy (non-hydrogen) atoms. The van der Waals surface area contributed by atoms with E-state index in [1.54, 1.807) is 36.4 Å². The highest BCUT2D eigenvalue weighted by molar-refractivity contribution is 5.31. The number of benzene rings is 2. The van der Waals surface area contributed by atoms with Crippen molar-refractivity contribution in [3.05, 3.63) is 60.2 Å². The van der Waals surface area contributed by atoms with Gasteiger partial charge in [-0.3, -0.25) is 0 Å². The number of hydrogen-bond donors (Lipinski definition) is 2. The molecule has 0 aliphatic heterocycles. The molecule has 0 aliphatic carbocycles. The van der Waals surface area contributed by atoms with Crippen molar-refractivity contribution in [3.8, 4) is 11.5 Å². The van der Waals surface area contributed by atoms with Crippen molar-refractivity contribution in [2.24, 2.45) is 0 Å². The van der Waals surface area contributed by atoms with Crippen molar-refractivity contribution in [1.29, 1.82) is 0 Å². The lowest BCUT2D eigenvalue weighted by Gasteiger charge is -2.31. The standard InChI is InChI=1S/C13H20O.C6H6O/c1-4-13(5-2,6-3)11-7-9-12(14)10-8-11;7-6-4-2-1-3-5-6/h7-10,14H,4-6H2,1-3H3;1-5,7H. The van der Waals surface area contributed by atoms with E-state index in [2.05, 4.69) is 20.8 Å². The summed E-state index contributed by atoms with van der Waals surface area (Å²) >= 11 is 0. The molecule has 2 aromatic carbocycles. The van der Waals surface area contributed by atoms with Crippen molar-refractivity contribution >= 4 is 0 Å². The van der Waals surface area contributed by atoms with Gasteiger partial charge in [0.1, 0.15) is 11.5 Å². The van der Waals surface area contributed by atoms with E-state index in [0.717, 1.165) is 19.3 Å². The molecule has 2 heteroatoms. The third-order valence-electron chi connectivity index (χ3n) is 4.27. The summed E-state index contributed by atoms with van der Waals surface area (Å²) < 4.78 is 0. The minimum atomic E-state index is 0.299. The molecule has 0 fully saturated rings. The summed E-state index contributed by atoms with van der Waals surface area (Å²) in [6.45, 7) is 6.71. The Labute approximate surface area is 128 Å². The summed E-state index contributed by atoms with van der Waals surface area (Å²) in [6.07, 6.45) is 3.47. The van der Waals surface area contributed by atoms with E-state index in [9.17, 15) is 5.11 Å². The van der Waals surface area contributed by atoms with E-state index in [1.807, 2.05) is 18.2 Å². The fourth-order valence-electron chi connectivity index (χ4n) is 2.61. The van der Waals surface area contributed by atoms with Crippen LogP contribution in [-0.4, -0.2) is 10.2 Å². The largest absolute Gasteiger partial charge is 0.508 e. The summed E-state index contributed by atoms with van der Waals surface area (Å²) in [5.74, 6) is 0.674. The zero-order valence-electron chi connectivity index (χ0n) is 13.2. The molecular weight excluding hydrogens is 260 g/mol. The number of rotatable bonds is 4. The molecule has 0 bridgehead atoms. The molecular formula is C19H26O2. The molecule has 0 heterocycles. The molecule has 0 unspecified atom stereocenters. The monoisotopic (exact) mass is 286 g/mol. The van der Waals surface area contributed by atoms with E-state index in [-0.39, 0.29) is 0 Å². The van der Waals surface area contributed by atoms with Crippen LogP contribution in [0.15, 0.2) is 54.6 Å². The smallest absolute Gasteiger partial charge is 0.115 e. The van der Waals surface area contributed by atoms with Crippen LogP contribution in [0, 0.1) is 0 Å². The Balaban J connectivity index is 0.000000262. The average Bonchev–Trinajstić information content (AvgIpc) is 2.52. The van der Waals surface area contributed by atoms with Crippen LogP contribution in [0.25, 0.3) is 0 Å². The third-order valence-corrected chi connectivity index (χ3v) is 4.27. The first-order chi connectivity index (χ1) is 10.1. The Kier molecular flexibility index (Phi) is 6.80. The molecule has 0 atom stereocenters. The van der Waals surface area contributed by atoms with Crippen LogP contribution in [0.4, 0.5) is 0 Å². The van der Waals surface area contributed by atoms with Gasteiger partial charge in [0.15, 0.2) is 0 Å². The van der Waals surface area contributed by atoms with Crippen molar-refractivity contribution in [2.75, 3.05) is 0 Å². The molecule has 2 nitrogen and oxygen atoms in total. The molecule has 0 saturated heterocycles. The predicted molar refractivity (Wildman–Crippen MR) is 88.8 cm³/mol. The molecule has 0 aliphatic rings. The molecule has 2 rings (SSSR count). The summed E-state index contributed by atoms with van der Waals surface area (Å²) in [7, 11) is 0. The number of phenolic OH excluding ortho intramolecular Hbond substituents is 2. The van der Waals surface area contributed by atoms with E-state index in [1.165, 1.54) is 5.56 Å². The maximum absolute atomic E-state index is 9.24. The quantitative estimate of drug-likeness (QED) is 0.805. The fourth-order valence-corrected chi connectivity index (χ4v) is 2.61. The number of aromatic hydroxyl groups is 2. The summed E-state index contributed by atoms with van der Waals surface area (Å²) in [5, 5.41) is 17.9. The lowest BCUT2D eigenvalue weighted by Crippen LogP contribution is -2.22. The summed E-state index contributed by atoms with van der Waals surface area (Å²) in [6, 6.07) is 16.4. The van der Waals surface area contributed by atoms with Crippen LogP contribution in [0.5, 0.6) is 11.5 Å². The molecule has 0 aromatic heterocycles. The van der Waals surface area contributed by atoms with Crippen LogP contribution < -0.4 is 0 Å². The lowest BCUT2D eigenvalue weighted by atomic mass is 9.74. The summed E-state index contributed by atoms with van der Waals surface area (Å²) in [5.41, 5.74) is 1.65. The number of para-hydroxylation sites is 1. The van der Waals surface area contributed by atoms with Crippen molar-refractivity contribution < 1.29 is 10.2 Å². The molecule has 0 radical (unpaired) electrons. The minimum Gasteiger partial charge on any atom is -0.508 e. The Morgan fingerprint density at radius 3 is 1.43 bits per heavy atom. The van der Waals surface area contributed by atoms with Gasteiger partial charge < -0.3 is 10.2 Å². The normalized spacial score (nSPS) is 10.6. The van der Waals surface area contributed by atoms with Crippen LogP contribution in [-0.2, 0) is 5.41 Å². The second-order valence-corrected chi connectivity index (χ2v) is 5.22. The van der Waals surface area contributed by atoms with Gasteiger partial charge in [-0.1, -0.05) is 51.1 Å². The Morgan fingerprint density at radius 1 is 0.667 bits per heavy atom. The van der Waals surface area contributed by atoms with Crippen molar-refractivity contribution in [3.63, 3.8) is 0 Å². The fraction of sp³-hybridized carbons (Fsp3) is 0.368. The second kappa shape index (κ2) is 8.35. The molecule has 114 valence electrons. The van der Waals surface area contributed by atoms with Gasteiger partial charge in [0.25, 0.3) is 0 Å². The van der Waals surface area contributed by atoms with Gasteiger partial charge in [0, 0.05) is 0 Å². The predicted octanol–water partition coefficient (Wildman–Crippen LogP) is 5.25. The number of phenols is 2. The van der Waals surface area contributed by atoms with Crippen LogP contribution in [0.2, 0.25) is 0 Å². The lowest BCUT2D eigenvalue weighted by molar-refractivity contribution is 0.381. The first-order valence-corrected chi connectivity index (χ1v) is 7.61. The van der Waals surface area contributed by atoms with Gasteiger partial charge in [-0.05, 0) is 54.5 Å². The highest BCUT2D eigenvalue weighted by Gasteiger charge is 2.25. The Morgan fingerprint density at radius 2 is 1.10 bits per heavy atom. The van der Waals surface area contributed by atoms with Gasteiger partial charge in [-0.2, -0.15) is 0 Å².